The fourth-order valence-corrected chi connectivity index (χ4v) is 0.595. The van der Waals surface area contributed by atoms with E-state index in [0.29, 0.717) is 6.42 Å². The van der Waals surface area contributed by atoms with Crippen molar-refractivity contribution in [3.05, 3.63) is 12.7 Å². The Kier molecular flexibility index (Phi) is 10.3. The molecule has 0 aromatic heterocycles. The predicted octanol–water partition coefficient (Wildman–Crippen LogP) is -3.54. The van der Waals surface area contributed by atoms with Gasteiger partial charge in [-0.15, -0.1) is 6.58 Å². The van der Waals surface area contributed by atoms with Gasteiger partial charge in [0.1, 0.15) is 0 Å². The summed E-state index contributed by atoms with van der Waals surface area (Å²) in [6.07, 6.45) is 1.56. The van der Waals surface area contributed by atoms with E-state index in [9.17, 15) is 9.90 Å². The van der Waals surface area contributed by atoms with Crippen LogP contribution in [0.15, 0.2) is 12.7 Å². The van der Waals surface area contributed by atoms with Crippen molar-refractivity contribution in [1.82, 2.24) is 0 Å². The molecule has 0 aliphatic rings. The van der Waals surface area contributed by atoms with E-state index in [1.54, 1.807) is 6.08 Å². The second-order valence-electron chi connectivity index (χ2n) is 2.09. The molecule has 11 heavy (non-hydrogen) atoms. The summed E-state index contributed by atoms with van der Waals surface area (Å²) in [5.74, 6) is -1.12. The normalized spacial score (nSPS) is 11.4. The number of hydrogen-bond acceptors (Lipinski definition) is 3. The minimum atomic E-state index is -1.12. The van der Waals surface area contributed by atoms with Crippen LogP contribution in [0.25, 0.3) is 0 Å². The monoisotopic (exact) mass is 166 g/mol. The van der Waals surface area contributed by atoms with Crippen LogP contribution >= 0.6 is 0 Å². The van der Waals surface area contributed by atoms with Gasteiger partial charge in [-0.25, -0.2) is 0 Å². The van der Waals surface area contributed by atoms with E-state index >= 15 is 0 Å². The number of carbonyl (C=O) groups is 1. The third-order valence-corrected chi connectivity index (χ3v) is 1.12. The summed E-state index contributed by atoms with van der Waals surface area (Å²) in [5.41, 5.74) is 0. The van der Waals surface area contributed by atoms with E-state index < -0.39 is 12.1 Å². The Morgan fingerprint density at radius 2 is 2.27 bits per heavy atom. The number of carboxylic acids is 1. The Balaban J connectivity index is 0. The Hall–Kier alpha value is 0.170. The van der Waals surface area contributed by atoms with Gasteiger partial charge < -0.3 is 15.0 Å². The molecule has 0 heterocycles. The molecule has 0 aromatic carbocycles. The molecule has 0 aliphatic carbocycles. The summed E-state index contributed by atoms with van der Waals surface area (Å²) in [7, 11) is 0. The first-order chi connectivity index (χ1) is 4.66. The zero-order chi connectivity index (χ0) is 7.98. The van der Waals surface area contributed by atoms with Gasteiger partial charge >= 0.3 is 29.6 Å². The van der Waals surface area contributed by atoms with Gasteiger partial charge in [-0.3, -0.25) is 0 Å². The zero-order valence-electron chi connectivity index (χ0n) is 6.75. The average Bonchev–Trinajstić information content (AvgIpc) is 1.85. The Morgan fingerprint density at radius 3 is 2.64 bits per heavy atom. The van der Waals surface area contributed by atoms with Gasteiger partial charge in [0.05, 0.1) is 6.10 Å². The van der Waals surface area contributed by atoms with Crippen LogP contribution in [0.1, 0.15) is 19.3 Å². The van der Waals surface area contributed by atoms with Gasteiger partial charge in [-0.1, -0.05) is 6.08 Å². The van der Waals surface area contributed by atoms with E-state index in [0.717, 1.165) is 0 Å². The number of aliphatic hydroxyl groups is 1. The molecule has 0 rings (SSSR count). The molecule has 1 atom stereocenters. The van der Waals surface area contributed by atoms with Gasteiger partial charge in [0, 0.05) is 5.97 Å². The van der Waals surface area contributed by atoms with Crippen LogP contribution in [0.3, 0.4) is 0 Å². The maximum atomic E-state index is 9.86. The Labute approximate surface area is 88.4 Å². The molecule has 0 spiro atoms. The van der Waals surface area contributed by atoms with Gasteiger partial charge in [0.25, 0.3) is 0 Å². The second kappa shape index (κ2) is 8.27. The summed E-state index contributed by atoms with van der Waals surface area (Å²) in [4.78, 5) is 9.86. The van der Waals surface area contributed by atoms with Gasteiger partial charge in [0.15, 0.2) is 0 Å². The predicted molar refractivity (Wildman–Crippen MR) is 35.1 cm³/mol. The van der Waals surface area contributed by atoms with Gasteiger partial charge in [0.2, 0.25) is 0 Å². The standard InChI is InChI=1S/C7H12O3.Na/c1-2-3-6(8)4-5-7(9)10;/h2,6,8H,1,3-5H2,(H,9,10);/q;+1/p-1. The molecule has 0 saturated carbocycles. The van der Waals surface area contributed by atoms with Gasteiger partial charge in [-0.2, -0.15) is 0 Å². The molecule has 0 saturated heterocycles. The molecule has 1 N–H and O–H groups in total. The topological polar surface area (TPSA) is 60.4 Å². The van der Waals surface area contributed by atoms with Crippen molar-refractivity contribution in [2.24, 2.45) is 0 Å². The quantitative estimate of drug-likeness (QED) is 0.340. The molecule has 3 nitrogen and oxygen atoms in total. The first-order valence-corrected chi connectivity index (χ1v) is 3.15. The molecular weight excluding hydrogens is 155 g/mol. The molecule has 58 valence electrons. The van der Waals surface area contributed by atoms with E-state index in [-0.39, 0.29) is 42.4 Å². The molecule has 0 aliphatic heterocycles. The number of aliphatic hydroxyl groups excluding tert-OH is 1. The molecule has 0 bridgehead atoms. The van der Waals surface area contributed by atoms with Crippen LogP contribution in [0.2, 0.25) is 0 Å². The third kappa shape index (κ3) is 10.2. The molecule has 1 unspecified atom stereocenters. The minimum Gasteiger partial charge on any atom is -0.550 e. The maximum absolute atomic E-state index is 9.86. The summed E-state index contributed by atoms with van der Waals surface area (Å²) >= 11 is 0. The van der Waals surface area contributed by atoms with E-state index in [4.69, 9.17) is 5.11 Å². The van der Waals surface area contributed by atoms with Crippen LogP contribution in [-0.2, 0) is 4.79 Å². The molecule has 0 radical (unpaired) electrons. The largest absolute Gasteiger partial charge is 1.00 e. The fraction of sp³-hybridized carbons (Fsp3) is 0.571. The smallest absolute Gasteiger partial charge is 0.550 e. The summed E-state index contributed by atoms with van der Waals surface area (Å²) in [5, 5.41) is 18.8. The van der Waals surface area contributed by atoms with E-state index in [2.05, 4.69) is 6.58 Å². The summed E-state index contributed by atoms with van der Waals surface area (Å²) in [6, 6.07) is 0. The van der Waals surface area contributed by atoms with Crippen molar-refractivity contribution in [1.29, 1.82) is 0 Å². The first-order valence-electron chi connectivity index (χ1n) is 3.15. The average molecular weight is 166 g/mol. The van der Waals surface area contributed by atoms with Crippen LogP contribution in [0.4, 0.5) is 0 Å². The van der Waals surface area contributed by atoms with E-state index in [1.165, 1.54) is 0 Å². The Morgan fingerprint density at radius 1 is 1.73 bits per heavy atom. The number of rotatable bonds is 5. The van der Waals surface area contributed by atoms with Crippen LogP contribution < -0.4 is 34.7 Å². The molecular formula is C7H11NaO3. The zero-order valence-corrected chi connectivity index (χ0v) is 8.75. The molecule has 0 amide bonds. The van der Waals surface area contributed by atoms with Crippen molar-refractivity contribution in [2.45, 2.75) is 25.4 Å². The SMILES string of the molecule is C=CCC(O)CCC(=O)[O-].[Na+]. The van der Waals surface area contributed by atoms with Crippen molar-refractivity contribution in [3.63, 3.8) is 0 Å². The number of hydrogen-bond donors (Lipinski definition) is 1. The number of aliphatic carboxylic acids is 1. The first kappa shape index (κ1) is 13.7. The van der Waals surface area contributed by atoms with Gasteiger partial charge in [-0.05, 0) is 19.3 Å². The molecule has 0 fully saturated rings. The van der Waals surface area contributed by atoms with E-state index in [1.807, 2.05) is 0 Å². The molecule has 0 aromatic rings. The summed E-state index contributed by atoms with van der Waals surface area (Å²) < 4.78 is 0. The Bertz CT molecular complexity index is 125. The van der Waals surface area contributed by atoms with Crippen molar-refractivity contribution >= 4 is 5.97 Å². The van der Waals surface area contributed by atoms with Crippen molar-refractivity contribution < 1.29 is 44.6 Å². The van der Waals surface area contributed by atoms with Crippen molar-refractivity contribution in [3.8, 4) is 0 Å². The van der Waals surface area contributed by atoms with Crippen molar-refractivity contribution in [2.75, 3.05) is 0 Å². The number of carboxylic acid groups (broad SMARTS) is 1. The number of carbonyl (C=O) groups excluding carboxylic acids is 1. The second-order valence-corrected chi connectivity index (χ2v) is 2.09. The van der Waals surface area contributed by atoms with Crippen LogP contribution in [-0.4, -0.2) is 17.2 Å². The molecule has 4 heteroatoms. The maximum Gasteiger partial charge on any atom is 1.00 e. The van der Waals surface area contributed by atoms with Crippen LogP contribution in [0.5, 0.6) is 0 Å². The third-order valence-electron chi connectivity index (χ3n) is 1.12. The minimum absolute atomic E-state index is 0. The summed E-state index contributed by atoms with van der Waals surface area (Å²) in [6.45, 7) is 3.40. The fourth-order valence-electron chi connectivity index (χ4n) is 0.595. The van der Waals surface area contributed by atoms with Crippen LogP contribution in [0, 0.1) is 0 Å².